The number of alkyl carbamates (subject to hydrolysis) is 1. The van der Waals surface area contributed by atoms with Crippen molar-refractivity contribution >= 4 is 29.7 Å². The Hall–Kier alpha value is -3.00. The maximum absolute atomic E-state index is 12.7. The summed E-state index contributed by atoms with van der Waals surface area (Å²) in [4.78, 5) is 36.7. The topological polar surface area (TPSA) is 105 Å². The normalized spacial score (nSPS) is 13.9. The number of carbonyl (C=O) groups excluding carboxylic acids is 2. The second-order valence-corrected chi connectivity index (χ2v) is 9.74. The van der Waals surface area contributed by atoms with Crippen LogP contribution in [-0.2, 0) is 14.3 Å². The zero-order chi connectivity index (χ0) is 25.2. The molecule has 0 unspecified atom stereocenters. The fourth-order valence-electron chi connectivity index (χ4n) is 4.45. The molecule has 0 fully saturated rings. The van der Waals surface area contributed by atoms with Crippen LogP contribution in [-0.4, -0.2) is 53.8 Å². The van der Waals surface area contributed by atoms with Crippen LogP contribution in [0.2, 0.25) is 0 Å². The summed E-state index contributed by atoms with van der Waals surface area (Å²) in [6.45, 7) is 2.23. The van der Waals surface area contributed by atoms with E-state index in [1.54, 1.807) is 0 Å². The van der Waals surface area contributed by atoms with Crippen molar-refractivity contribution in [1.82, 2.24) is 10.6 Å². The summed E-state index contributed by atoms with van der Waals surface area (Å²) >= 11 is 1.53. The van der Waals surface area contributed by atoms with E-state index in [0.717, 1.165) is 35.1 Å². The number of hydrogen-bond donors (Lipinski definition) is 3. The highest BCUT2D eigenvalue weighted by Gasteiger charge is 2.29. The standard InChI is InChI=1S/C27H34N2O5S/c1-3-4-9-18(16-25(30)29-24(26(31)32)14-15-35-2)28-27(33)34-17-23-21-12-7-5-10-19(21)20-11-6-8-13-22(20)23/h5-8,10-13,18,23-24H,3-4,9,14-17H2,1-2H3,(H,28,33)(H,29,30)(H,31,32)/t18-,24-/m0/s1. The predicted octanol–water partition coefficient (Wildman–Crippen LogP) is 4.80. The molecule has 35 heavy (non-hydrogen) atoms. The third-order valence-electron chi connectivity index (χ3n) is 6.25. The van der Waals surface area contributed by atoms with Crippen molar-refractivity contribution in [3.05, 3.63) is 59.7 Å². The van der Waals surface area contributed by atoms with Gasteiger partial charge >= 0.3 is 12.1 Å². The largest absolute Gasteiger partial charge is 0.480 e. The molecule has 0 aliphatic heterocycles. The summed E-state index contributed by atoms with van der Waals surface area (Å²) in [5.74, 6) is -0.854. The fraction of sp³-hybridized carbons (Fsp3) is 0.444. The van der Waals surface area contributed by atoms with Crippen LogP contribution in [0.25, 0.3) is 11.1 Å². The summed E-state index contributed by atoms with van der Waals surface area (Å²) in [6.07, 6.45) is 4.02. The minimum Gasteiger partial charge on any atom is -0.480 e. The quantitative estimate of drug-likeness (QED) is 0.367. The lowest BCUT2D eigenvalue weighted by Crippen LogP contribution is -2.45. The number of benzene rings is 2. The SMILES string of the molecule is CCCC[C@@H](CC(=O)N[C@@H](CCSC)C(=O)O)NC(=O)OCC1c2ccccc2-c2ccccc21. The van der Waals surface area contributed by atoms with Gasteiger partial charge in [0.15, 0.2) is 0 Å². The molecule has 188 valence electrons. The number of fused-ring (bicyclic) bond motifs is 3. The predicted molar refractivity (Wildman–Crippen MR) is 139 cm³/mol. The van der Waals surface area contributed by atoms with Crippen LogP contribution in [0.5, 0.6) is 0 Å². The molecule has 0 spiro atoms. The number of amides is 2. The van der Waals surface area contributed by atoms with Crippen LogP contribution >= 0.6 is 11.8 Å². The number of ether oxygens (including phenoxy) is 1. The summed E-state index contributed by atoms with van der Waals surface area (Å²) in [6, 6.07) is 14.9. The molecule has 0 bridgehead atoms. The number of nitrogens with one attached hydrogen (secondary N) is 2. The maximum Gasteiger partial charge on any atom is 0.407 e. The molecule has 1 aliphatic carbocycles. The Balaban J connectivity index is 1.59. The molecule has 3 N–H and O–H groups in total. The molecular formula is C27H34N2O5S. The maximum atomic E-state index is 12.7. The number of carboxylic acid groups (broad SMARTS) is 1. The van der Waals surface area contributed by atoms with E-state index in [4.69, 9.17) is 4.74 Å². The van der Waals surface area contributed by atoms with Gasteiger partial charge in [-0.1, -0.05) is 68.3 Å². The van der Waals surface area contributed by atoms with Gasteiger partial charge < -0.3 is 20.5 Å². The molecule has 0 saturated heterocycles. The van der Waals surface area contributed by atoms with E-state index in [1.165, 1.54) is 11.8 Å². The lowest BCUT2D eigenvalue weighted by Gasteiger charge is -2.21. The van der Waals surface area contributed by atoms with Crippen LogP contribution in [0.4, 0.5) is 4.79 Å². The van der Waals surface area contributed by atoms with Crippen molar-refractivity contribution in [2.75, 3.05) is 18.6 Å². The van der Waals surface area contributed by atoms with Crippen molar-refractivity contribution in [2.45, 2.75) is 57.0 Å². The van der Waals surface area contributed by atoms with E-state index < -0.39 is 30.1 Å². The molecule has 0 saturated carbocycles. The molecule has 0 radical (unpaired) electrons. The minimum absolute atomic E-state index is 0.00719. The Labute approximate surface area is 211 Å². The number of unbranched alkanes of at least 4 members (excludes halogenated alkanes) is 1. The third kappa shape index (κ3) is 7.24. The fourth-order valence-corrected chi connectivity index (χ4v) is 4.92. The number of carboxylic acids is 1. The second-order valence-electron chi connectivity index (χ2n) is 8.75. The average molecular weight is 499 g/mol. The first-order valence-electron chi connectivity index (χ1n) is 12.1. The van der Waals surface area contributed by atoms with Crippen LogP contribution in [0.15, 0.2) is 48.5 Å². The number of thioether (sulfide) groups is 1. The molecule has 2 aromatic rings. The Morgan fingerprint density at radius 1 is 1.00 bits per heavy atom. The van der Waals surface area contributed by atoms with Crippen LogP contribution in [0.3, 0.4) is 0 Å². The molecule has 0 aromatic heterocycles. The Kier molecular flexibility index (Phi) is 10.0. The summed E-state index contributed by atoms with van der Waals surface area (Å²) in [5, 5.41) is 14.8. The van der Waals surface area contributed by atoms with Gasteiger partial charge in [-0.15, -0.1) is 0 Å². The molecular weight excluding hydrogens is 464 g/mol. The van der Waals surface area contributed by atoms with Crippen molar-refractivity contribution in [2.24, 2.45) is 0 Å². The van der Waals surface area contributed by atoms with Gasteiger partial charge in [0.25, 0.3) is 0 Å². The molecule has 3 rings (SSSR count). The number of hydrogen-bond acceptors (Lipinski definition) is 5. The summed E-state index contributed by atoms with van der Waals surface area (Å²) in [7, 11) is 0. The van der Waals surface area contributed by atoms with E-state index in [-0.39, 0.29) is 18.9 Å². The molecule has 1 aliphatic rings. The van der Waals surface area contributed by atoms with Gasteiger partial charge in [-0.05, 0) is 47.1 Å². The number of rotatable bonds is 13. The smallest absolute Gasteiger partial charge is 0.407 e. The number of carbonyl (C=O) groups is 3. The summed E-state index contributed by atoms with van der Waals surface area (Å²) < 4.78 is 5.63. The van der Waals surface area contributed by atoms with E-state index in [9.17, 15) is 19.5 Å². The van der Waals surface area contributed by atoms with Crippen LogP contribution in [0.1, 0.15) is 56.1 Å². The molecule has 8 heteroatoms. The van der Waals surface area contributed by atoms with Gasteiger partial charge in [-0.2, -0.15) is 11.8 Å². The highest BCUT2D eigenvalue weighted by atomic mass is 32.2. The first-order chi connectivity index (χ1) is 16.9. The van der Waals surface area contributed by atoms with Crippen LogP contribution in [0, 0.1) is 0 Å². The van der Waals surface area contributed by atoms with E-state index in [1.807, 2.05) is 37.4 Å². The molecule has 2 atom stereocenters. The van der Waals surface area contributed by atoms with Gasteiger partial charge in [0, 0.05) is 18.4 Å². The van der Waals surface area contributed by atoms with Gasteiger partial charge in [-0.25, -0.2) is 9.59 Å². The lowest BCUT2D eigenvalue weighted by molar-refractivity contribution is -0.141. The molecule has 0 heterocycles. The van der Waals surface area contributed by atoms with Gasteiger partial charge in [0.05, 0.1) is 0 Å². The average Bonchev–Trinajstić information content (AvgIpc) is 3.17. The first-order valence-corrected chi connectivity index (χ1v) is 13.5. The van der Waals surface area contributed by atoms with Gasteiger partial charge in [0.1, 0.15) is 12.6 Å². The highest BCUT2D eigenvalue weighted by Crippen LogP contribution is 2.44. The first kappa shape index (κ1) is 26.6. The Morgan fingerprint density at radius 3 is 2.20 bits per heavy atom. The zero-order valence-corrected chi connectivity index (χ0v) is 21.1. The minimum atomic E-state index is -1.05. The molecule has 2 aromatic carbocycles. The third-order valence-corrected chi connectivity index (χ3v) is 6.89. The van der Waals surface area contributed by atoms with Gasteiger partial charge in [0.2, 0.25) is 5.91 Å². The van der Waals surface area contributed by atoms with Gasteiger partial charge in [-0.3, -0.25) is 4.79 Å². The Bertz CT molecular complexity index is 983. The second kappa shape index (κ2) is 13.2. The lowest BCUT2D eigenvalue weighted by atomic mass is 9.98. The van der Waals surface area contributed by atoms with Crippen molar-refractivity contribution in [1.29, 1.82) is 0 Å². The summed E-state index contributed by atoms with van der Waals surface area (Å²) in [5.41, 5.74) is 4.58. The van der Waals surface area contributed by atoms with Crippen molar-refractivity contribution in [3.8, 4) is 11.1 Å². The molecule has 2 amide bonds. The monoisotopic (exact) mass is 498 g/mol. The van der Waals surface area contributed by atoms with E-state index in [0.29, 0.717) is 18.6 Å². The highest BCUT2D eigenvalue weighted by molar-refractivity contribution is 7.98. The van der Waals surface area contributed by atoms with Crippen molar-refractivity contribution in [3.63, 3.8) is 0 Å². The van der Waals surface area contributed by atoms with Crippen LogP contribution < -0.4 is 10.6 Å². The van der Waals surface area contributed by atoms with Crippen molar-refractivity contribution < 1.29 is 24.2 Å². The number of aliphatic carboxylic acids is 1. The zero-order valence-electron chi connectivity index (χ0n) is 20.3. The van der Waals surface area contributed by atoms with E-state index >= 15 is 0 Å². The molecule has 7 nitrogen and oxygen atoms in total. The Morgan fingerprint density at radius 2 is 1.63 bits per heavy atom. The van der Waals surface area contributed by atoms with E-state index in [2.05, 4.69) is 34.9 Å².